The number of hydrogen-bond donors (Lipinski definition) is 0. The van der Waals surface area contributed by atoms with Crippen LogP contribution < -0.4 is 34.9 Å². The number of hydrogen-bond acceptors (Lipinski definition) is 5. The van der Waals surface area contributed by atoms with Gasteiger partial charge in [-0.25, -0.2) is 0 Å². The largest absolute Gasteiger partial charge is 0.497 e. The van der Waals surface area contributed by atoms with Crippen molar-refractivity contribution in [2.75, 3.05) is 14.2 Å². The standard InChI is InChI=1S/C32H27O5P/c1-34-24-8-12-26(13-9-24)36-28-16-20-31(21-17-28)38(33,30-6-4-3-5-7-30)32-22-18-29(19-23-32)37-27-14-10-25(35-2)11-15-27/h3-23H,1-2H3. The molecule has 0 saturated carbocycles. The normalized spacial score (nSPS) is 11.0. The highest BCUT2D eigenvalue weighted by Gasteiger charge is 2.29. The lowest BCUT2D eigenvalue weighted by Gasteiger charge is -2.20. The molecule has 190 valence electrons. The highest BCUT2D eigenvalue weighted by molar-refractivity contribution is 7.85. The lowest BCUT2D eigenvalue weighted by Crippen LogP contribution is -2.24. The molecule has 0 bridgehead atoms. The summed E-state index contributed by atoms with van der Waals surface area (Å²) in [5.41, 5.74) is 0. The van der Waals surface area contributed by atoms with Gasteiger partial charge in [0.1, 0.15) is 34.5 Å². The molecule has 0 heterocycles. The van der Waals surface area contributed by atoms with Gasteiger partial charge >= 0.3 is 0 Å². The molecular weight excluding hydrogens is 495 g/mol. The van der Waals surface area contributed by atoms with Crippen molar-refractivity contribution in [1.82, 2.24) is 0 Å². The van der Waals surface area contributed by atoms with Crippen LogP contribution in [0.25, 0.3) is 0 Å². The van der Waals surface area contributed by atoms with Gasteiger partial charge in [0.05, 0.1) is 14.2 Å². The molecule has 0 radical (unpaired) electrons. The van der Waals surface area contributed by atoms with Gasteiger partial charge in [0.15, 0.2) is 7.14 Å². The Morgan fingerprint density at radius 3 is 1.03 bits per heavy atom. The van der Waals surface area contributed by atoms with Crippen molar-refractivity contribution in [3.05, 3.63) is 127 Å². The Kier molecular flexibility index (Phi) is 7.48. The smallest absolute Gasteiger partial charge is 0.171 e. The summed E-state index contributed by atoms with van der Waals surface area (Å²) in [6, 6.07) is 39.2. The molecule has 0 spiro atoms. The topological polar surface area (TPSA) is 54.0 Å². The number of benzene rings is 5. The second-order valence-electron chi connectivity index (χ2n) is 8.49. The van der Waals surface area contributed by atoms with Crippen LogP contribution in [-0.4, -0.2) is 14.2 Å². The Morgan fingerprint density at radius 1 is 0.395 bits per heavy atom. The van der Waals surface area contributed by atoms with Gasteiger partial charge in [0.25, 0.3) is 0 Å². The van der Waals surface area contributed by atoms with Crippen molar-refractivity contribution in [2.45, 2.75) is 0 Å². The Hall–Kier alpha value is -4.47. The molecule has 0 aliphatic rings. The van der Waals surface area contributed by atoms with Crippen LogP contribution in [0.3, 0.4) is 0 Å². The van der Waals surface area contributed by atoms with Crippen molar-refractivity contribution >= 4 is 23.1 Å². The molecule has 0 aromatic heterocycles. The Labute approximate surface area is 222 Å². The highest BCUT2D eigenvalue weighted by atomic mass is 31.2. The maximum atomic E-state index is 14.8. The summed E-state index contributed by atoms with van der Waals surface area (Å²) in [6.07, 6.45) is 0. The lowest BCUT2D eigenvalue weighted by atomic mass is 10.3. The quantitative estimate of drug-likeness (QED) is 0.197. The molecule has 5 nitrogen and oxygen atoms in total. The molecule has 38 heavy (non-hydrogen) atoms. The second kappa shape index (κ2) is 11.3. The highest BCUT2D eigenvalue weighted by Crippen LogP contribution is 2.43. The third kappa shape index (κ3) is 5.44. The minimum absolute atomic E-state index is 0.654. The predicted octanol–water partition coefficient (Wildman–Crippen LogP) is 6.93. The zero-order chi connectivity index (χ0) is 26.4. The maximum Gasteiger partial charge on any atom is 0.171 e. The van der Waals surface area contributed by atoms with Crippen LogP contribution in [-0.2, 0) is 4.57 Å². The summed E-state index contributed by atoms with van der Waals surface area (Å²) < 4.78 is 37.1. The summed E-state index contributed by atoms with van der Waals surface area (Å²) in [7, 11) is 0.106. The van der Waals surface area contributed by atoms with Crippen LogP contribution in [0.15, 0.2) is 127 Å². The molecule has 0 aliphatic carbocycles. The van der Waals surface area contributed by atoms with E-state index in [-0.39, 0.29) is 0 Å². The Morgan fingerprint density at radius 2 is 0.684 bits per heavy atom. The molecule has 0 amide bonds. The van der Waals surface area contributed by atoms with Gasteiger partial charge in [-0.05, 0) is 97.1 Å². The molecule has 0 aliphatic heterocycles. The average Bonchev–Trinajstić information content (AvgIpc) is 2.99. The minimum atomic E-state index is -3.15. The van der Waals surface area contributed by atoms with Crippen LogP contribution in [0.1, 0.15) is 0 Å². The molecule has 5 aromatic carbocycles. The summed E-state index contributed by atoms with van der Waals surface area (Å²) in [5.74, 6) is 4.21. The van der Waals surface area contributed by atoms with Gasteiger partial charge in [-0.1, -0.05) is 30.3 Å². The van der Waals surface area contributed by atoms with Crippen molar-refractivity contribution in [1.29, 1.82) is 0 Å². The van der Waals surface area contributed by atoms with Gasteiger partial charge < -0.3 is 23.5 Å². The zero-order valence-corrected chi connectivity index (χ0v) is 22.0. The fourth-order valence-corrected chi connectivity index (χ4v) is 6.72. The Balaban J connectivity index is 1.42. The van der Waals surface area contributed by atoms with Crippen molar-refractivity contribution in [3.63, 3.8) is 0 Å². The first kappa shape index (κ1) is 25.2. The molecule has 0 unspecified atom stereocenters. The number of ether oxygens (including phenoxy) is 4. The molecular formula is C32H27O5P. The van der Waals surface area contributed by atoms with Gasteiger partial charge in [-0.3, -0.25) is 0 Å². The van der Waals surface area contributed by atoms with Crippen molar-refractivity contribution in [2.24, 2.45) is 0 Å². The van der Waals surface area contributed by atoms with E-state index < -0.39 is 7.14 Å². The van der Waals surface area contributed by atoms with E-state index in [1.807, 2.05) is 127 Å². The molecule has 0 atom stereocenters. The van der Waals surface area contributed by atoms with E-state index in [1.54, 1.807) is 14.2 Å². The third-order valence-corrected chi connectivity index (χ3v) is 9.19. The predicted molar refractivity (Wildman–Crippen MR) is 152 cm³/mol. The minimum Gasteiger partial charge on any atom is -0.497 e. The molecule has 5 rings (SSSR count). The van der Waals surface area contributed by atoms with Crippen LogP contribution in [0.5, 0.6) is 34.5 Å². The van der Waals surface area contributed by atoms with Crippen LogP contribution in [0, 0.1) is 0 Å². The first-order valence-electron chi connectivity index (χ1n) is 12.1. The summed E-state index contributed by atoms with van der Waals surface area (Å²) in [5, 5.41) is 2.19. The summed E-state index contributed by atoms with van der Waals surface area (Å²) >= 11 is 0. The fraction of sp³-hybridized carbons (Fsp3) is 0.0625. The van der Waals surface area contributed by atoms with E-state index in [9.17, 15) is 4.57 Å². The summed E-state index contributed by atoms with van der Waals surface area (Å²) in [4.78, 5) is 0. The molecule has 0 N–H and O–H groups in total. The van der Waals surface area contributed by atoms with Gasteiger partial charge in [-0.2, -0.15) is 0 Å². The van der Waals surface area contributed by atoms with Gasteiger partial charge in [-0.15, -0.1) is 0 Å². The van der Waals surface area contributed by atoms with Crippen LogP contribution >= 0.6 is 7.14 Å². The van der Waals surface area contributed by atoms with E-state index in [4.69, 9.17) is 18.9 Å². The number of rotatable bonds is 9. The summed E-state index contributed by atoms with van der Waals surface area (Å²) in [6.45, 7) is 0. The zero-order valence-electron chi connectivity index (χ0n) is 21.1. The molecule has 0 fully saturated rings. The third-order valence-electron chi connectivity index (χ3n) is 6.11. The van der Waals surface area contributed by atoms with E-state index >= 15 is 0 Å². The molecule has 0 saturated heterocycles. The second-order valence-corrected chi connectivity index (χ2v) is 11.3. The SMILES string of the molecule is COc1ccc(Oc2ccc(P(=O)(c3ccccc3)c3ccc(Oc4ccc(OC)cc4)cc3)cc2)cc1. The van der Waals surface area contributed by atoms with E-state index in [2.05, 4.69) is 0 Å². The average molecular weight is 523 g/mol. The lowest BCUT2D eigenvalue weighted by molar-refractivity contribution is 0.413. The van der Waals surface area contributed by atoms with E-state index in [0.29, 0.717) is 23.0 Å². The number of methoxy groups -OCH3 is 2. The van der Waals surface area contributed by atoms with E-state index in [0.717, 1.165) is 27.4 Å². The maximum absolute atomic E-state index is 14.8. The first-order chi connectivity index (χ1) is 18.6. The van der Waals surface area contributed by atoms with E-state index in [1.165, 1.54) is 0 Å². The van der Waals surface area contributed by atoms with Crippen molar-refractivity contribution < 1.29 is 23.5 Å². The first-order valence-corrected chi connectivity index (χ1v) is 13.8. The fourth-order valence-electron chi connectivity index (χ4n) is 4.09. The monoisotopic (exact) mass is 522 g/mol. The van der Waals surface area contributed by atoms with Gasteiger partial charge in [0, 0.05) is 15.9 Å². The van der Waals surface area contributed by atoms with Crippen LogP contribution in [0.2, 0.25) is 0 Å². The van der Waals surface area contributed by atoms with Crippen molar-refractivity contribution in [3.8, 4) is 34.5 Å². The molecule has 5 aromatic rings. The van der Waals surface area contributed by atoms with Crippen LogP contribution in [0.4, 0.5) is 0 Å². The molecule has 6 heteroatoms. The Bertz CT molecular complexity index is 1420. The van der Waals surface area contributed by atoms with Gasteiger partial charge in [0.2, 0.25) is 0 Å².